The summed E-state index contributed by atoms with van der Waals surface area (Å²) in [7, 11) is 1.69. The van der Waals surface area contributed by atoms with Gasteiger partial charge in [0.25, 0.3) is 0 Å². The maximum absolute atomic E-state index is 5.32. The van der Waals surface area contributed by atoms with E-state index < -0.39 is 0 Å². The number of hydrogen-bond acceptors (Lipinski definition) is 4. The van der Waals surface area contributed by atoms with E-state index in [0.717, 1.165) is 54.3 Å². The van der Waals surface area contributed by atoms with E-state index in [1.54, 1.807) is 7.11 Å². The fraction of sp³-hybridized carbons (Fsp3) is 0.412. The van der Waals surface area contributed by atoms with Crippen LogP contribution in [-0.2, 0) is 19.4 Å². The lowest BCUT2D eigenvalue weighted by Gasteiger charge is -2.20. The van der Waals surface area contributed by atoms with Crippen LogP contribution in [0.4, 0.5) is 0 Å². The van der Waals surface area contributed by atoms with E-state index in [0.29, 0.717) is 0 Å². The van der Waals surface area contributed by atoms with Crippen molar-refractivity contribution in [3.05, 3.63) is 40.7 Å². The first-order valence-corrected chi connectivity index (χ1v) is 7.47. The highest BCUT2D eigenvalue weighted by Gasteiger charge is 2.17. The maximum atomic E-state index is 5.32. The molecule has 0 saturated carbocycles. The number of nitrogens with one attached hydrogen (secondary N) is 1. The highest BCUT2D eigenvalue weighted by molar-refractivity contribution is 5.59. The summed E-state index contributed by atoms with van der Waals surface area (Å²) in [5.74, 6) is 1.73. The Hall–Kier alpha value is -1.94. The van der Waals surface area contributed by atoms with Crippen LogP contribution < -0.4 is 10.1 Å². The molecule has 0 fully saturated rings. The third kappa shape index (κ3) is 2.63. The maximum Gasteiger partial charge on any atom is 0.159 e. The van der Waals surface area contributed by atoms with Crippen LogP contribution in [0.1, 0.15) is 29.4 Å². The second kappa shape index (κ2) is 5.82. The summed E-state index contributed by atoms with van der Waals surface area (Å²) >= 11 is 0. The van der Waals surface area contributed by atoms with Crippen molar-refractivity contribution in [3.63, 3.8) is 0 Å². The van der Waals surface area contributed by atoms with Gasteiger partial charge in [-0.15, -0.1) is 0 Å². The molecule has 0 amide bonds. The molecule has 110 valence electrons. The molecular weight excluding hydrogens is 262 g/mol. The van der Waals surface area contributed by atoms with Crippen LogP contribution in [0.5, 0.6) is 5.75 Å². The molecular formula is C17H21N3O. The zero-order chi connectivity index (χ0) is 14.8. The van der Waals surface area contributed by atoms with Crippen molar-refractivity contribution < 1.29 is 4.74 Å². The predicted molar refractivity (Wildman–Crippen MR) is 83.5 cm³/mol. The van der Waals surface area contributed by atoms with E-state index in [2.05, 4.69) is 18.3 Å². The Morgan fingerprint density at radius 2 is 2.14 bits per heavy atom. The minimum atomic E-state index is 0.832. The van der Waals surface area contributed by atoms with Gasteiger partial charge in [-0.2, -0.15) is 0 Å². The molecule has 1 aliphatic rings. The molecule has 1 aromatic heterocycles. The number of aryl methyl sites for hydroxylation is 2. The molecule has 2 aromatic rings. The van der Waals surface area contributed by atoms with Crippen molar-refractivity contribution in [2.24, 2.45) is 0 Å². The number of ether oxygens (including phenoxy) is 1. The van der Waals surface area contributed by atoms with Crippen molar-refractivity contribution in [3.8, 4) is 17.1 Å². The van der Waals surface area contributed by atoms with Crippen LogP contribution in [0, 0.1) is 6.92 Å². The van der Waals surface area contributed by atoms with Gasteiger partial charge in [-0.25, -0.2) is 9.97 Å². The first kappa shape index (κ1) is 14.0. The van der Waals surface area contributed by atoms with Gasteiger partial charge in [-0.1, -0.05) is 6.92 Å². The van der Waals surface area contributed by atoms with Gasteiger partial charge in [-0.3, -0.25) is 0 Å². The quantitative estimate of drug-likeness (QED) is 0.941. The molecule has 0 atom stereocenters. The number of aromatic nitrogens is 2. The Kier molecular flexibility index (Phi) is 3.88. The van der Waals surface area contributed by atoms with E-state index in [4.69, 9.17) is 14.7 Å². The summed E-state index contributed by atoms with van der Waals surface area (Å²) in [6, 6.07) is 6.12. The highest BCUT2D eigenvalue weighted by atomic mass is 16.5. The van der Waals surface area contributed by atoms with Crippen LogP contribution in [0.2, 0.25) is 0 Å². The molecule has 21 heavy (non-hydrogen) atoms. The molecule has 1 aliphatic heterocycles. The predicted octanol–water partition coefficient (Wildman–Crippen LogP) is 2.67. The van der Waals surface area contributed by atoms with E-state index in [1.165, 1.54) is 11.3 Å². The number of nitrogens with zero attached hydrogens (tertiary/aromatic N) is 2. The molecule has 4 heteroatoms. The largest absolute Gasteiger partial charge is 0.496 e. The van der Waals surface area contributed by atoms with Crippen LogP contribution in [-0.4, -0.2) is 23.6 Å². The minimum absolute atomic E-state index is 0.832. The molecule has 0 bridgehead atoms. The van der Waals surface area contributed by atoms with Crippen LogP contribution in [0.15, 0.2) is 18.2 Å². The Bertz CT molecular complexity index is 650. The van der Waals surface area contributed by atoms with E-state index in [1.807, 2.05) is 19.1 Å². The average Bonchev–Trinajstić information content (AvgIpc) is 2.53. The molecule has 1 N–H and O–H groups in total. The molecule has 0 unspecified atom stereocenters. The van der Waals surface area contributed by atoms with E-state index in [9.17, 15) is 0 Å². The second-order valence-corrected chi connectivity index (χ2v) is 5.38. The number of fused-ring (bicyclic) bond motifs is 1. The Morgan fingerprint density at radius 3 is 2.86 bits per heavy atom. The van der Waals surface area contributed by atoms with Crippen molar-refractivity contribution in [1.82, 2.24) is 15.3 Å². The highest BCUT2D eigenvalue weighted by Crippen LogP contribution is 2.26. The third-order valence-corrected chi connectivity index (χ3v) is 4.01. The third-order valence-electron chi connectivity index (χ3n) is 4.01. The molecule has 0 saturated heterocycles. The van der Waals surface area contributed by atoms with Crippen molar-refractivity contribution in [2.75, 3.05) is 13.7 Å². The van der Waals surface area contributed by atoms with Gasteiger partial charge in [0.15, 0.2) is 5.82 Å². The Morgan fingerprint density at radius 1 is 1.29 bits per heavy atom. The monoisotopic (exact) mass is 283 g/mol. The van der Waals surface area contributed by atoms with Gasteiger partial charge in [-0.05, 0) is 37.1 Å². The number of methoxy groups -OCH3 is 1. The summed E-state index contributed by atoms with van der Waals surface area (Å²) in [5, 5.41) is 3.40. The topological polar surface area (TPSA) is 47.0 Å². The molecule has 0 aliphatic carbocycles. The van der Waals surface area contributed by atoms with Crippen LogP contribution in [0.3, 0.4) is 0 Å². The summed E-state index contributed by atoms with van der Waals surface area (Å²) in [5.41, 5.74) is 5.82. The Labute approximate surface area is 125 Å². The SMILES string of the molecule is CCc1nc(-c2ccc(OC)c(C)c2)nc2c1CNCC2. The molecule has 3 rings (SSSR count). The van der Waals surface area contributed by atoms with Crippen molar-refractivity contribution in [1.29, 1.82) is 0 Å². The van der Waals surface area contributed by atoms with E-state index >= 15 is 0 Å². The number of rotatable bonds is 3. The standard InChI is InChI=1S/C17H21N3O/c1-4-14-13-10-18-8-7-15(13)20-17(19-14)12-5-6-16(21-3)11(2)9-12/h5-6,9,18H,4,7-8,10H2,1-3H3. The summed E-state index contributed by atoms with van der Waals surface area (Å²) in [4.78, 5) is 9.58. The van der Waals surface area contributed by atoms with Gasteiger partial charge >= 0.3 is 0 Å². The van der Waals surface area contributed by atoms with Crippen molar-refractivity contribution in [2.45, 2.75) is 33.2 Å². The fourth-order valence-corrected chi connectivity index (χ4v) is 2.85. The van der Waals surface area contributed by atoms with Gasteiger partial charge in [0.2, 0.25) is 0 Å². The minimum Gasteiger partial charge on any atom is -0.496 e. The lowest BCUT2D eigenvalue weighted by atomic mass is 10.0. The van der Waals surface area contributed by atoms with Crippen LogP contribution in [0.25, 0.3) is 11.4 Å². The smallest absolute Gasteiger partial charge is 0.159 e. The Balaban J connectivity index is 2.08. The van der Waals surface area contributed by atoms with Gasteiger partial charge in [0, 0.05) is 36.3 Å². The molecule has 2 heterocycles. The normalized spacial score (nSPS) is 13.9. The first-order valence-electron chi connectivity index (χ1n) is 7.47. The molecule has 4 nitrogen and oxygen atoms in total. The molecule has 0 spiro atoms. The van der Waals surface area contributed by atoms with Crippen molar-refractivity contribution >= 4 is 0 Å². The molecule has 0 radical (unpaired) electrons. The average molecular weight is 283 g/mol. The lowest BCUT2D eigenvalue weighted by molar-refractivity contribution is 0.412. The van der Waals surface area contributed by atoms with Gasteiger partial charge in [0.1, 0.15) is 5.75 Å². The van der Waals surface area contributed by atoms with Gasteiger partial charge < -0.3 is 10.1 Å². The lowest BCUT2D eigenvalue weighted by Crippen LogP contribution is -2.26. The fourth-order valence-electron chi connectivity index (χ4n) is 2.85. The summed E-state index contributed by atoms with van der Waals surface area (Å²) in [6.07, 6.45) is 1.92. The molecule has 1 aromatic carbocycles. The van der Waals surface area contributed by atoms with Gasteiger partial charge in [0.05, 0.1) is 12.8 Å². The summed E-state index contributed by atoms with van der Waals surface area (Å²) in [6.45, 7) is 6.08. The number of benzene rings is 1. The second-order valence-electron chi connectivity index (χ2n) is 5.38. The first-order chi connectivity index (χ1) is 10.2. The zero-order valence-corrected chi connectivity index (χ0v) is 12.9. The zero-order valence-electron chi connectivity index (χ0n) is 12.9. The van der Waals surface area contributed by atoms with Crippen LogP contribution >= 0.6 is 0 Å². The number of hydrogen-bond donors (Lipinski definition) is 1. The van der Waals surface area contributed by atoms with E-state index in [-0.39, 0.29) is 0 Å². The summed E-state index contributed by atoms with van der Waals surface area (Å²) < 4.78 is 5.32.